The summed E-state index contributed by atoms with van der Waals surface area (Å²) in [7, 11) is 2.17. The van der Waals surface area contributed by atoms with Crippen LogP contribution in [-0.2, 0) is 4.79 Å². The summed E-state index contributed by atoms with van der Waals surface area (Å²) in [6.45, 7) is 6.29. The van der Waals surface area contributed by atoms with Crippen molar-refractivity contribution >= 4 is 5.91 Å². The first-order valence-corrected chi connectivity index (χ1v) is 6.02. The molecule has 1 amide bonds. The molecule has 0 radical (unpaired) electrons. The van der Waals surface area contributed by atoms with Gasteiger partial charge in [0, 0.05) is 32.2 Å². The van der Waals surface area contributed by atoms with Crippen LogP contribution < -0.4 is 11.5 Å². The summed E-state index contributed by atoms with van der Waals surface area (Å²) in [5, 5.41) is 0. The highest BCUT2D eigenvalue weighted by Crippen LogP contribution is 2.10. The Morgan fingerprint density at radius 2 is 2.19 bits per heavy atom. The van der Waals surface area contributed by atoms with Crippen molar-refractivity contribution in [2.24, 2.45) is 11.5 Å². The minimum absolute atomic E-state index is 0.402. The second-order valence-electron chi connectivity index (χ2n) is 4.64. The van der Waals surface area contributed by atoms with E-state index in [-0.39, 0.29) is 0 Å². The van der Waals surface area contributed by atoms with Gasteiger partial charge >= 0.3 is 0 Å². The van der Waals surface area contributed by atoms with Crippen LogP contribution in [0.3, 0.4) is 0 Å². The molecule has 94 valence electrons. The number of primary amides is 1. The van der Waals surface area contributed by atoms with Crippen LogP contribution >= 0.6 is 0 Å². The number of nitrogens with zero attached hydrogens (tertiary/aromatic N) is 2. The third-order valence-electron chi connectivity index (χ3n) is 3.45. The van der Waals surface area contributed by atoms with Gasteiger partial charge in [0.2, 0.25) is 5.91 Å². The number of likely N-dealkylation sites (N-methyl/N-ethyl adjacent to an activating group) is 1. The Morgan fingerprint density at radius 3 is 2.75 bits per heavy atom. The standard InChI is InChI=1S/C11H24N4O/c1-3-9-8-15(7-6-14(9)2)5-4-10(12)11(13)16/h9-10H,3-8,12H2,1-2H3,(H2,13,16). The maximum atomic E-state index is 10.8. The quantitative estimate of drug-likeness (QED) is 0.647. The van der Waals surface area contributed by atoms with E-state index in [0.29, 0.717) is 12.5 Å². The first kappa shape index (κ1) is 13.4. The Hall–Kier alpha value is -0.650. The molecule has 1 heterocycles. The summed E-state index contributed by atoms with van der Waals surface area (Å²) in [6, 6.07) is 0.123. The lowest BCUT2D eigenvalue weighted by molar-refractivity contribution is -0.119. The van der Waals surface area contributed by atoms with E-state index in [0.717, 1.165) is 32.6 Å². The van der Waals surface area contributed by atoms with Crippen molar-refractivity contribution in [1.29, 1.82) is 0 Å². The van der Waals surface area contributed by atoms with Gasteiger partial charge in [0.15, 0.2) is 0 Å². The van der Waals surface area contributed by atoms with Crippen LogP contribution in [0.4, 0.5) is 0 Å². The predicted molar refractivity (Wildman–Crippen MR) is 64.9 cm³/mol. The molecule has 1 fully saturated rings. The summed E-state index contributed by atoms with van der Waals surface area (Å²) in [6.07, 6.45) is 1.82. The van der Waals surface area contributed by atoms with Crippen LogP contribution in [0.25, 0.3) is 0 Å². The highest BCUT2D eigenvalue weighted by Gasteiger charge is 2.23. The largest absolute Gasteiger partial charge is 0.368 e. The SMILES string of the molecule is CCC1CN(CCC(N)C(N)=O)CCN1C. The monoisotopic (exact) mass is 228 g/mol. The number of rotatable bonds is 5. The molecule has 1 aliphatic rings. The summed E-state index contributed by atoms with van der Waals surface area (Å²) in [4.78, 5) is 15.6. The Balaban J connectivity index is 2.30. The van der Waals surface area contributed by atoms with Crippen LogP contribution in [0, 0.1) is 0 Å². The molecule has 1 saturated heterocycles. The minimum atomic E-state index is -0.500. The third kappa shape index (κ3) is 3.73. The Labute approximate surface area is 97.7 Å². The number of hydrogen-bond acceptors (Lipinski definition) is 4. The van der Waals surface area contributed by atoms with E-state index in [1.807, 2.05) is 0 Å². The second-order valence-corrected chi connectivity index (χ2v) is 4.64. The lowest BCUT2D eigenvalue weighted by atomic mass is 10.1. The molecular formula is C11H24N4O. The fourth-order valence-corrected chi connectivity index (χ4v) is 2.12. The van der Waals surface area contributed by atoms with E-state index >= 15 is 0 Å². The summed E-state index contributed by atoms with van der Waals surface area (Å²) in [5.74, 6) is -0.402. The average molecular weight is 228 g/mol. The van der Waals surface area contributed by atoms with Gasteiger partial charge in [-0.1, -0.05) is 6.92 Å². The summed E-state index contributed by atoms with van der Waals surface area (Å²) < 4.78 is 0. The molecular weight excluding hydrogens is 204 g/mol. The van der Waals surface area contributed by atoms with Crippen LogP contribution in [0.5, 0.6) is 0 Å². The van der Waals surface area contributed by atoms with Gasteiger partial charge < -0.3 is 21.3 Å². The molecule has 0 aromatic carbocycles. The number of carbonyl (C=O) groups excluding carboxylic acids is 1. The molecule has 0 aromatic rings. The maximum absolute atomic E-state index is 10.8. The first-order chi connectivity index (χ1) is 7.54. The molecule has 0 aliphatic carbocycles. The molecule has 1 rings (SSSR count). The van der Waals surface area contributed by atoms with Gasteiger partial charge in [-0.2, -0.15) is 0 Å². The molecule has 16 heavy (non-hydrogen) atoms. The molecule has 0 bridgehead atoms. The highest BCUT2D eigenvalue weighted by atomic mass is 16.1. The maximum Gasteiger partial charge on any atom is 0.234 e. The van der Waals surface area contributed by atoms with Crippen molar-refractivity contribution in [2.75, 3.05) is 33.2 Å². The van der Waals surface area contributed by atoms with E-state index < -0.39 is 11.9 Å². The molecule has 5 nitrogen and oxygen atoms in total. The number of hydrogen-bond donors (Lipinski definition) is 2. The van der Waals surface area contributed by atoms with Gasteiger partial charge in [-0.15, -0.1) is 0 Å². The lowest BCUT2D eigenvalue weighted by Crippen LogP contribution is -2.52. The Morgan fingerprint density at radius 1 is 1.50 bits per heavy atom. The molecule has 1 aliphatic heterocycles. The van der Waals surface area contributed by atoms with Gasteiger partial charge in [-0.25, -0.2) is 0 Å². The molecule has 5 heteroatoms. The van der Waals surface area contributed by atoms with Crippen molar-refractivity contribution in [1.82, 2.24) is 9.80 Å². The minimum Gasteiger partial charge on any atom is -0.368 e. The fourth-order valence-electron chi connectivity index (χ4n) is 2.12. The number of piperazine rings is 1. The van der Waals surface area contributed by atoms with Gasteiger partial charge in [-0.3, -0.25) is 4.79 Å². The van der Waals surface area contributed by atoms with Crippen LogP contribution in [0.1, 0.15) is 19.8 Å². The van der Waals surface area contributed by atoms with E-state index in [2.05, 4.69) is 23.8 Å². The van der Waals surface area contributed by atoms with Gasteiger partial charge in [0.05, 0.1) is 6.04 Å². The third-order valence-corrected chi connectivity index (χ3v) is 3.45. The van der Waals surface area contributed by atoms with Crippen LogP contribution in [0.15, 0.2) is 0 Å². The van der Waals surface area contributed by atoms with Gasteiger partial charge in [0.1, 0.15) is 0 Å². The highest BCUT2D eigenvalue weighted by molar-refractivity contribution is 5.79. The molecule has 0 saturated carbocycles. The number of carbonyl (C=O) groups is 1. The normalized spacial score (nSPS) is 25.6. The van der Waals surface area contributed by atoms with Gasteiger partial charge in [-0.05, 0) is 19.9 Å². The Bertz CT molecular complexity index is 234. The molecule has 2 atom stereocenters. The zero-order valence-electron chi connectivity index (χ0n) is 10.4. The molecule has 2 unspecified atom stereocenters. The van der Waals surface area contributed by atoms with Crippen LogP contribution in [0.2, 0.25) is 0 Å². The zero-order chi connectivity index (χ0) is 12.1. The average Bonchev–Trinajstić information content (AvgIpc) is 2.27. The van der Waals surface area contributed by atoms with E-state index in [4.69, 9.17) is 11.5 Å². The van der Waals surface area contributed by atoms with E-state index in [1.165, 1.54) is 0 Å². The lowest BCUT2D eigenvalue weighted by Gasteiger charge is -2.39. The number of nitrogens with two attached hydrogens (primary N) is 2. The van der Waals surface area contributed by atoms with Gasteiger partial charge in [0.25, 0.3) is 0 Å². The van der Waals surface area contributed by atoms with Crippen molar-refractivity contribution < 1.29 is 4.79 Å². The molecule has 4 N–H and O–H groups in total. The van der Waals surface area contributed by atoms with E-state index in [1.54, 1.807) is 0 Å². The summed E-state index contributed by atoms with van der Waals surface area (Å²) in [5.41, 5.74) is 10.8. The van der Waals surface area contributed by atoms with Crippen molar-refractivity contribution in [3.05, 3.63) is 0 Å². The van der Waals surface area contributed by atoms with Crippen molar-refractivity contribution in [3.8, 4) is 0 Å². The topological polar surface area (TPSA) is 75.6 Å². The first-order valence-electron chi connectivity index (χ1n) is 6.02. The smallest absolute Gasteiger partial charge is 0.234 e. The second kappa shape index (κ2) is 6.18. The molecule has 0 spiro atoms. The Kier molecular flexibility index (Phi) is 5.18. The van der Waals surface area contributed by atoms with Crippen LogP contribution in [-0.4, -0.2) is 61.0 Å². The summed E-state index contributed by atoms with van der Waals surface area (Å²) >= 11 is 0. The fraction of sp³-hybridized carbons (Fsp3) is 0.909. The van der Waals surface area contributed by atoms with E-state index in [9.17, 15) is 4.79 Å². The van der Waals surface area contributed by atoms with Crippen molar-refractivity contribution in [2.45, 2.75) is 31.8 Å². The number of amides is 1. The van der Waals surface area contributed by atoms with Crippen molar-refractivity contribution in [3.63, 3.8) is 0 Å². The predicted octanol–water partition coefficient (Wildman–Crippen LogP) is -0.785. The zero-order valence-corrected chi connectivity index (χ0v) is 10.4. The molecule has 0 aromatic heterocycles.